The number of ether oxygens (including phenoxy) is 1. The van der Waals surface area contributed by atoms with Gasteiger partial charge in [-0.15, -0.1) is 0 Å². The molecule has 0 saturated heterocycles. The first-order valence-corrected chi connectivity index (χ1v) is 7.57. The van der Waals surface area contributed by atoms with Gasteiger partial charge in [-0.25, -0.2) is 0 Å². The molecule has 0 radical (unpaired) electrons. The predicted molar refractivity (Wildman–Crippen MR) is 79.0 cm³/mol. The summed E-state index contributed by atoms with van der Waals surface area (Å²) in [6, 6.07) is 9.30. The van der Waals surface area contributed by atoms with Gasteiger partial charge in [0.2, 0.25) is 0 Å². The molecule has 2 nitrogen and oxygen atoms in total. The molecule has 2 rings (SSSR count). The highest BCUT2D eigenvalue weighted by atomic mass is 79.9. The first-order valence-electron chi connectivity index (χ1n) is 6.78. The average molecular weight is 312 g/mol. The van der Waals surface area contributed by atoms with Crippen LogP contribution in [-0.2, 0) is 4.74 Å². The standard InChI is InChI=1S/C15H22BrNO/c1-18-9-5-4-8-17-13-10-12(11-13)14-6-2-3-7-15(14)16/h2-3,6-7,12-13,17H,4-5,8-11H2,1H3. The van der Waals surface area contributed by atoms with Crippen LogP contribution in [0, 0.1) is 0 Å². The number of unbranched alkanes of at least 4 members (excludes halogenated alkanes) is 1. The van der Waals surface area contributed by atoms with E-state index < -0.39 is 0 Å². The first-order chi connectivity index (χ1) is 8.81. The van der Waals surface area contributed by atoms with Crippen LogP contribution >= 0.6 is 15.9 Å². The van der Waals surface area contributed by atoms with Crippen LogP contribution in [0.4, 0.5) is 0 Å². The Hall–Kier alpha value is -0.380. The van der Waals surface area contributed by atoms with Crippen molar-refractivity contribution in [3.63, 3.8) is 0 Å². The third-order valence-electron chi connectivity index (χ3n) is 3.69. The molecule has 0 spiro atoms. The Morgan fingerprint density at radius 2 is 2.06 bits per heavy atom. The second-order valence-corrected chi connectivity index (χ2v) is 5.90. The Bertz CT molecular complexity index is 363. The average Bonchev–Trinajstić information content (AvgIpc) is 2.33. The number of methoxy groups -OCH3 is 1. The minimum atomic E-state index is 0.713. The van der Waals surface area contributed by atoms with E-state index in [1.54, 1.807) is 7.11 Å². The molecular formula is C15H22BrNO. The van der Waals surface area contributed by atoms with Crippen molar-refractivity contribution in [2.45, 2.75) is 37.6 Å². The topological polar surface area (TPSA) is 21.3 Å². The summed E-state index contributed by atoms with van der Waals surface area (Å²) in [6.07, 6.45) is 4.91. The van der Waals surface area contributed by atoms with Gasteiger partial charge in [0.1, 0.15) is 0 Å². The number of nitrogens with one attached hydrogen (secondary N) is 1. The van der Waals surface area contributed by atoms with E-state index >= 15 is 0 Å². The highest BCUT2D eigenvalue weighted by Gasteiger charge is 2.30. The Labute approximate surface area is 118 Å². The van der Waals surface area contributed by atoms with Crippen molar-refractivity contribution in [1.82, 2.24) is 5.32 Å². The lowest BCUT2D eigenvalue weighted by Gasteiger charge is -2.37. The van der Waals surface area contributed by atoms with Crippen LogP contribution in [0.5, 0.6) is 0 Å². The maximum Gasteiger partial charge on any atom is 0.0462 e. The lowest BCUT2D eigenvalue weighted by atomic mass is 9.76. The maximum atomic E-state index is 5.04. The van der Waals surface area contributed by atoms with E-state index in [2.05, 4.69) is 45.5 Å². The summed E-state index contributed by atoms with van der Waals surface area (Å²) >= 11 is 3.64. The Kier molecular flexibility index (Phi) is 5.67. The molecule has 0 bridgehead atoms. The van der Waals surface area contributed by atoms with Crippen LogP contribution in [0.15, 0.2) is 28.7 Å². The largest absolute Gasteiger partial charge is 0.385 e. The lowest BCUT2D eigenvalue weighted by molar-refractivity contribution is 0.191. The minimum absolute atomic E-state index is 0.713. The van der Waals surface area contributed by atoms with Crippen molar-refractivity contribution >= 4 is 15.9 Å². The quantitative estimate of drug-likeness (QED) is 0.775. The monoisotopic (exact) mass is 311 g/mol. The molecule has 0 aliphatic heterocycles. The number of hydrogen-bond donors (Lipinski definition) is 1. The van der Waals surface area contributed by atoms with Crippen LogP contribution < -0.4 is 5.32 Å². The molecule has 0 aromatic heterocycles. The number of halogens is 1. The first kappa shape index (κ1) is 14.0. The zero-order valence-electron chi connectivity index (χ0n) is 11.0. The summed E-state index contributed by atoms with van der Waals surface area (Å²) in [5.41, 5.74) is 1.47. The molecule has 100 valence electrons. The van der Waals surface area contributed by atoms with Gasteiger partial charge < -0.3 is 10.1 Å². The van der Waals surface area contributed by atoms with Crippen molar-refractivity contribution in [2.24, 2.45) is 0 Å². The molecule has 1 aromatic rings. The fourth-order valence-corrected chi connectivity index (χ4v) is 3.13. The Morgan fingerprint density at radius 1 is 1.28 bits per heavy atom. The molecule has 1 fully saturated rings. The Morgan fingerprint density at radius 3 is 2.78 bits per heavy atom. The fraction of sp³-hybridized carbons (Fsp3) is 0.600. The van der Waals surface area contributed by atoms with Crippen LogP contribution in [-0.4, -0.2) is 26.3 Å². The zero-order valence-corrected chi connectivity index (χ0v) is 12.6. The lowest BCUT2D eigenvalue weighted by Crippen LogP contribution is -2.40. The van der Waals surface area contributed by atoms with E-state index in [1.807, 2.05) is 0 Å². The molecular weight excluding hydrogens is 290 g/mol. The normalized spacial score (nSPS) is 22.8. The van der Waals surface area contributed by atoms with Crippen LogP contribution in [0.2, 0.25) is 0 Å². The minimum Gasteiger partial charge on any atom is -0.385 e. The van der Waals surface area contributed by atoms with Gasteiger partial charge in [0, 0.05) is 24.2 Å². The van der Waals surface area contributed by atoms with Gasteiger partial charge in [-0.1, -0.05) is 34.1 Å². The van der Waals surface area contributed by atoms with E-state index in [9.17, 15) is 0 Å². The smallest absolute Gasteiger partial charge is 0.0462 e. The van der Waals surface area contributed by atoms with Crippen LogP contribution in [0.1, 0.15) is 37.2 Å². The second kappa shape index (κ2) is 7.27. The third kappa shape index (κ3) is 3.81. The summed E-state index contributed by atoms with van der Waals surface area (Å²) in [5, 5.41) is 3.63. The van der Waals surface area contributed by atoms with Gasteiger partial charge in [0.25, 0.3) is 0 Å². The molecule has 1 N–H and O–H groups in total. The second-order valence-electron chi connectivity index (χ2n) is 5.04. The van der Waals surface area contributed by atoms with E-state index in [4.69, 9.17) is 4.74 Å². The maximum absolute atomic E-state index is 5.04. The molecule has 3 heteroatoms. The van der Waals surface area contributed by atoms with Gasteiger partial charge in [-0.3, -0.25) is 0 Å². The molecule has 1 aliphatic carbocycles. The van der Waals surface area contributed by atoms with Gasteiger partial charge in [0.15, 0.2) is 0 Å². The highest BCUT2D eigenvalue weighted by Crippen LogP contribution is 2.39. The zero-order chi connectivity index (χ0) is 12.8. The van der Waals surface area contributed by atoms with Gasteiger partial charge >= 0.3 is 0 Å². The van der Waals surface area contributed by atoms with Crippen molar-refractivity contribution in [3.8, 4) is 0 Å². The highest BCUT2D eigenvalue weighted by molar-refractivity contribution is 9.10. The molecule has 1 aromatic carbocycles. The van der Waals surface area contributed by atoms with Crippen molar-refractivity contribution < 1.29 is 4.74 Å². The van der Waals surface area contributed by atoms with E-state index in [1.165, 1.54) is 29.3 Å². The number of hydrogen-bond acceptors (Lipinski definition) is 2. The van der Waals surface area contributed by atoms with Crippen molar-refractivity contribution in [1.29, 1.82) is 0 Å². The number of rotatable bonds is 7. The van der Waals surface area contributed by atoms with Crippen LogP contribution in [0.25, 0.3) is 0 Å². The summed E-state index contributed by atoms with van der Waals surface area (Å²) in [7, 11) is 1.77. The van der Waals surface area contributed by atoms with Crippen LogP contribution in [0.3, 0.4) is 0 Å². The summed E-state index contributed by atoms with van der Waals surface area (Å²) < 4.78 is 6.30. The van der Waals surface area contributed by atoms with Gasteiger partial charge in [-0.05, 0) is 49.8 Å². The molecule has 0 atom stereocenters. The van der Waals surface area contributed by atoms with E-state index in [-0.39, 0.29) is 0 Å². The SMILES string of the molecule is COCCCCNC1CC(c2ccccc2Br)C1. The van der Waals surface area contributed by atoms with Gasteiger partial charge in [-0.2, -0.15) is 0 Å². The molecule has 0 amide bonds. The third-order valence-corrected chi connectivity index (χ3v) is 4.41. The van der Waals surface area contributed by atoms with E-state index in [0.717, 1.165) is 25.5 Å². The summed E-state index contributed by atoms with van der Waals surface area (Å²) in [6.45, 7) is 2.00. The Balaban J connectivity index is 1.64. The number of benzene rings is 1. The molecule has 1 saturated carbocycles. The molecule has 18 heavy (non-hydrogen) atoms. The van der Waals surface area contributed by atoms with E-state index in [0.29, 0.717) is 6.04 Å². The molecule has 1 aliphatic rings. The van der Waals surface area contributed by atoms with Crippen molar-refractivity contribution in [3.05, 3.63) is 34.3 Å². The van der Waals surface area contributed by atoms with Gasteiger partial charge in [0.05, 0.1) is 0 Å². The molecule has 0 heterocycles. The van der Waals surface area contributed by atoms with Crippen molar-refractivity contribution in [2.75, 3.05) is 20.3 Å². The fourth-order valence-electron chi connectivity index (χ4n) is 2.52. The summed E-state index contributed by atoms with van der Waals surface area (Å²) in [4.78, 5) is 0. The molecule has 0 unspecified atom stereocenters. The summed E-state index contributed by atoms with van der Waals surface area (Å²) in [5.74, 6) is 0.733. The predicted octanol–water partition coefficient (Wildman–Crippen LogP) is 3.71.